The number of hydrogen-bond acceptors (Lipinski definition) is 5. The topological polar surface area (TPSA) is 78.5 Å². The second-order valence-corrected chi connectivity index (χ2v) is 8.17. The van der Waals surface area contributed by atoms with E-state index in [1.165, 1.54) is 7.11 Å². The van der Waals surface area contributed by atoms with Crippen molar-refractivity contribution in [1.82, 2.24) is 19.2 Å². The van der Waals surface area contributed by atoms with Gasteiger partial charge < -0.3 is 9.30 Å². The van der Waals surface area contributed by atoms with Crippen molar-refractivity contribution in [3.05, 3.63) is 53.1 Å². The smallest absolute Gasteiger partial charge is 0.256 e. The summed E-state index contributed by atoms with van der Waals surface area (Å²) in [6.07, 6.45) is 0. The molecule has 2 aromatic heterocycles. The van der Waals surface area contributed by atoms with Gasteiger partial charge in [-0.25, -0.2) is 12.8 Å². The number of aryl methyl sites for hydroxylation is 1. The van der Waals surface area contributed by atoms with E-state index in [0.717, 1.165) is 11.0 Å². The number of sulfone groups is 1. The Balaban J connectivity index is 1.85. The highest BCUT2D eigenvalue weighted by Crippen LogP contribution is 2.27. The normalized spacial score (nSPS) is 12.1. The van der Waals surface area contributed by atoms with E-state index in [1.807, 2.05) is 35.9 Å². The van der Waals surface area contributed by atoms with Crippen molar-refractivity contribution in [1.29, 1.82) is 0 Å². The van der Waals surface area contributed by atoms with Crippen LogP contribution in [0.25, 0.3) is 16.8 Å². The van der Waals surface area contributed by atoms with Crippen molar-refractivity contribution < 1.29 is 13.2 Å². The van der Waals surface area contributed by atoms with Crippen molar-refractivity contribution in [2.75, 3.05) is 7.11 Å². The molecule has 26 heavy (non-hydrogen) atoms. The van der Waals surface area contributed by atoms with Crippen LogP contribution in [0.5, 0.6) is 5.75 Å². The zero-order valence-electron chi connectivity index (χ0n) is 14.0. The summed E-state index contributed by atoms with van der Waals surface area (Å²) in [5, 5.41) is 8.22. The van der Waals surface area contributed by atoms with E-state index in [1.54, 1.807) is 22.6 Å². The van der Waals surface area contributed by atoms with Gasteiger partial charge in [0.15, 0.2) is 0 Å². The fourth-order valence-electron chi connectivity index (χ4n) is 2.98. The van der Waals surface area contributed by atoms with Crippen LogP contribution >= 0.6 is 11.6 Å². The number of nitrogens with zero attached hydrogens (tertiary/aromatic N) is 4. The Morgan fingerprint density at radius 3 is 2.54 bits per heavy atom. The molecule has 0 fully saturated rings. The molecule has 7 nitrogen and oxygen atoms in total. The molecular weight excluding hydrogens is 376 g/mol. The maximum atomic E-state index is 13.0. The summed E-state index contributed by atoms with van der Waals surface area (Å²) in [4.78, 5) is 0. The number of hydrogen-bond donors (Lipinski definition) is 0. The Kier molecular flexibility index (Phi) is 3.89. The lowest BCUT2D eigenvalue weighted by Gasteiger charge is -2.07. The van der Waals surface area contributed by atoms with Gasteiger partial charge in [-0.3, -0.25) is 0 Å². The van der Waals surface area contributed by atoms with Gasteiger partial charge in [-0.15, -0.1) is 10.2 Å². The molecule has 0 saturated heterocycles. The van der Waals surface area contributed by atoms with Gasteiger partial charge in [0, 0.05) is 12.1 Å². The minimum absolute atomic E-state index is 0.101. The standard InChI is InChI=1S/C17H15ClN4O3S/c1-21-14-5-3-4-6-15(14)22-16(21)19-20-17(22)26(23,24)10-11-7-8-12(25-2)9-13(11)18/h3-9H,10H2,1-2H3. The van der Waals surface area contributed by atoms with E-state index in [4.69, 9.17) is 16.3 Å². The molecule has 0 unspecified atom stereocenters. The lowest BCUT2D eigenvalue weighted by atomic mass is 10.2. The highest BCUT2D eigenvalue weighted by atomic mass is 35.5. The lowest BCUT2D eigenvalue weighted by Crippen LogP contribution is -2.10. The quantitative estimate of drug-likeness (QED) is 0.535. The van der Waals surface area contributed by atoms with Crippen LogP contribution in [0, 0.1) is 0 Å². The number of benzene rings is 2. The molecule has 0 spiro atoms. The second-order valence-electron chi connectivity index (χ2n) is 5.88. The minimum atomic E-state index is -3.77. The van der Waals surface area contributed by atoms with Crippen LogP contribution in [-0.4, -0.2) is 34.7 Å². The summed E-state index contributed by atoms with van der Waals surface area (Å²) in [6.45, 7) is 0. The molecule has 0 radical (unpaired) electrons. The fourth-order valence-corrected chi connectivity index (χ4v) is 4.71. The summed E-state index contributed by atoms with van der Waals surface area (Å²) in [7, 11) is -0.420. The predicted octanol–water partition coefficient (Wildman–Crippen LogP) is 2.86. The molecule has 2 heterocycles. The largest absolute Gasteiger partial charge is 0.497 e. The molecule has 0 N–H and O–H groups in total. The van der Waals surface area contributed by atoms with Crippen molar-refractivity contribution in [2.24, 2.45) is 7.05 Å². The third-order valence-corrected chi connectivity index (χ3v) is 6.15. The first kappa shape index (κ1) is 16.9. The minimum Gasteiger partial charge on any atom is -0.497 e. The molecule has 0 aliphatic rings. The van der Waals surface area contributed by atoms with Crippen molar-refractivity contribution >= 4 is 38.2 Å². The first-order valence-electron chi connectivity index (χ1n) is 7.76. The molecule has 0 saturated carbocycles. The van der Waals surface area contributed by atoms with E-state index < -0.39 is 9.84 Å². The van der Waals surface area contributed by atoms with Gasteiger partial charge in [0.05, 0.1) is 23.9 Å². The zero-order chi connectivity index (χ0) is 18.5. The van der Waals surface area contributed by atoms with E-state index in [2.05, 4.69) is 10.2 Å². The van der Waals surface area contributed by atoms with Gasteiger partial charge in [0.25, 0.3) is 5.16 Å². The number of imidazole rings is 1. The SMILES string of the molecule is COc1ccc(CS(=O)(=O)c2nnc3n(C)c4ccccc4n23)c(Cl)c1. The van der Waals surface area contributed by atoms with E-state index in [-0.39, 0.29) is 10.9 Å². The molecule has 9 heteroatoms. The molecule has 134 valence electrons. The molecule has 0 atom stereocenters. The van der Waals surface area contributed by atoms with Gasteiger partial charge in [-0.2, -0.15) is 0 Å². The third-order valence-electron chi connectivity index (χ3n) is 4.28. The molecule has 0 amide bonds. The van der Waals surface area contributed by atoms with Gasteiger partial charge >= 0.3 is 0 Å². The zero-order valence-corrected chi connectivity index (χ0v) is 15.6. The Labute approximate surface area is 154 Å². The molecule has 4 rings (SSSR count). The van der Waals surface area contributed by atoms with Crippen LogP contribution < -0.4 is 4.74 Å². The fraction of sp³-hybridized carbons (Fsp3) is 0.176. The highest BCUT2D eigenvalue weighted by Gasteiger charge is 2.26. The summed E-state index contributed by atoms with van der Waals surface area (Å²) in [5.41, 5.74) is 2.08. The summed E-state index contributed by atoms with van der Waals surface area (Å²) in [6, 6.07) is 12.4. The monoisotopic (exact) mass is 390 g/mol. The first-order chi connectivity index (χ1) is 12.4. The number of ether oxygens (including phenoxy) is 1. The lowest BCUT2D eigenvalue weighted by molar-refractivity contribution is 0.414. The van der Waals surface area contributed by atoms with Crippen LogP contribution in [0.4, 0.5) is 0 Å². The molecule has 0 bridgehead atoms. The van der Waals surface area contributed by atoms with Crippen LogP contribution in [-0.2, 0) is 22.6 Å². The number of para-hydroxylation sites is 2. The summed E-state index contributed by atoms with van der Waals surface area (Å²) in [5.74, 6) is 0.750. The van der Waals surface area contributed by atoms with Crippen molar-refractivity contribution in [3.8, 4) is 5.75 Å². The Morgan fingerprint density at radius 1 is 1.12 bits per heavy atom. The van der Waals surface area contributed by atoms with Gasteiger partial charge in [0.1, 0.15) is 5.75 Å². The van der Waals surface area contributed by atoms with E-state index in [0.29, 0.717) is 22.1 Å². The molecule has 4 aromatic rings. The van der Waals surface area contributed by atoms with E-state index in [9.17, 15) is 8.42 Å². The van der Waals surface area contributed by atoms with Crippen LogP contribution in [0.2, 0.25) is 5.02 Å². The van der Waals surface area contributed by atoms with Crippen molar-refractivity contribution in [2.45, 2.75) is 10.9 Å². The first-order valence-corrected chi connectivity index (χ1v) is 9.79. The third kappa shape index (κ3) is 2.53. The molecule has 0 aliphatic heterocycles. The predicted molar refractivity (Wildman–Crippen MR) is 98.4 cm³/mol. The van der Waals surface area contributed by atoms with E-state index >= 15 is 0 Å². The number of halogens is 1. The van der Waals surface area contributed by atoms with Gasteiger partial charge in [-0.05, 0) is 29.8 Å². The highest BCUT2D eigenvalue weighted by molar-refractivity contribution is 7.90. The number of fused-ring (bicyclic) bond motifs is 3. The maximum Gasteiger partial charge on any atom is 0.256 e. The Morgan fingerprint density at radius 2 is 1.85 bits per heavy atom. The van der Waals surface area contributed by atoms with Crippen molar-refractivity contribution in [3.63, 3.8) is 0 Å². The number of aromatic nitrogens is 4. The van der Waals surface area contributed by atoms with Crippen LogP contribution in [0.1, 0.15) is 5.56 Å². The molecule has 2 aromatic carbocycles. The number of rotatable bonds is 4. The Hall–Kier alpha value is -2.58. The average molecular weight is 391 g/mol. The van der Waals surface area contributed by atoms with Gasteiger partial charge in [0.2, 0.25) is 15.6 Å². The maximum absolute atomic E-state index is 13.0. The number of methoxy groups -OCH3 is 1. The molecule has 0 aliphatic carbocycles. The van der Waals surface area contributed by atoms with Gasteiger partial charge in [-0.1, -0.05) is 29.8 Å². The Bertz CT molecular complexity index is 1240. The summed E-state index contributed by atoms with van der Waals surface area (Å²) >= 11 is 6.20. The molecular formula is C17H15ClN4O3S. The van der Waals surface area contributed by atoms with Crippen LogP contribution in [0.3, 0.4) is 0 Å². The van der Waals surface area contributed by atoms with Crippen LogP contribution in [0.15, 0.2) is 47.6 Å². The summed E-state index contributed by atoms with van der Waals surface area (Å²) < 4.78 is 34.5. The second kappa shape index (κ2) is 6.00. The average Bonchev–Trinajstić information content (AvgIpc) is 3.18.